The number of carboxylic acids is 2. The lowest BCUT2D eigenvalue weighted by molar-refractivity contribution is -0.192. The van der Waals surface area contributed by atoms with E-state index in [1.165, 1.54) is 17.0 Å². The number of esters is 1. The topological polar surface area (TPSA) is 202 Å². The maximum absolute atomic E-state index is 13.6. The molecule has 16 nitrogen and oxygen atoms in total. The van der Waals surface area contributed by atoms with Crippen LogP contribution in [0.4, 0.5) is 55.7 Å². The fraction of sp³-hybridized carbons (Fsp3) is 0.492. The third-order valence-corrected chi connectivity index (χ3v) is 12.3. The molecule has 2 aliphatic rings. The monoisotopic (exact) mass is 1200 g/mol. The second kappa shape index (κ2) is 29.8. The van der Waals surface area contributed by atoms with E-state index in [9.17, 15) is 63.5 Å². The van der Waals surface area contributed by atoms with Gasteiger partial charge in [-0.2, -0.15) is 39.5 Å². The molecule has 2 heterocycles. The zero-order chi connectivity index (χ0) is 63.0. The van der Waals surface area contributed by atoms with Gasteiger partial charge in [-0.1, -0.05) is 51.0 Å². The van der Waals surface area contributed by atoms with Gasteiger partial charge in [0.2, 0.25) is 11.8 Å². The number of amides is 3. The molecule has 0 saturated carbocycles. The molecule has 0 aromatic heterocycles. The van der Waals surface area contributed by atoms with Gasteiger partial charge in [0.05, 0.1) is 30.5 Å². The molecule has 6 rings (SSSR count). The molecule has 25 heteroatoms. The number of hydrogen-bond donors (Lipinski definition) is 3. The normalized spacial score (nSPS) is 13.1. The maximum Gasteiger partial charge on any atom is 0.490 e. The van der Waals surface area contributed by atoms with E-state index in [4.69, 9.17) is 34.0 Å². The van der Waals surface area contributed by atoms with Crippen LogP contribution < -0.4 is 24.6 Å². The average molecular weight is 1200 g/mol. The van der Waals surface area contributed by atoms with Crippen molar-refractivity contribution in [3.63, 3.8) is 0 Å². The van der Waals surface area contributed by atoms with Crippen LogP contribution in [0, 0.1) is 0 Å². The minimum atomic E-state index is -5.08. The quantitative estimate of drug-likeness (QED) is 0.0429. The Kier molecular flexibility index (Phi) is 24.4. The van der Waals surface area contributed by atoms with Gasteiger partial charge in [0.15, 0.2) is 0 Å². The fourth-order valence-electron chi connectivity index (χ4n) is 8.63. The lowest BCUT2D eigenvalue weighted by Crippen LogP contribution is -2.45. The van der Waals surface area contributed by atoms with Gasteiger partial charge >= 0.3 is 42.5 Å². The smallest absolute Gasteiger partial charge is 0.489 e. The Morgan fingerprint density at radius 2 is 1.04 bits per heavy atom. The number of nitrogens with one attached hydrogen (secondary N) is 1. The molecule has 84 heavy (non-hydrogen) atoms. The van der Waals surface area contributed by atoms with E-state index in [2.05, 4.69) is 5.32 Å². The van der Waals surface area contributed by atoms with Crippen molar-refractivity contribution in [1.82, 2.24) is 10.2 Å². The molecule has 0 fully saturated rings. The van der Waals surface area contributed by atoms with Crippen LogP contribution in [0.3, 0.4) is 0 Å². The number of carboxylic acid groups (broad SMARTS) is 2. The minimum Gasteiger partial charge on any atom is -0.489 e. The summed E-state index contributed by atoms with van der Waals surface area (Å²) in [5.74, 6) is -3.69. The summed E-state index contributed by atoms with van der Waals surface area (Å²) < 4.78 is 135. The van der Waals surface area contributed by atoms with E-state index in [1.807, 2.05) is 13.8 Å². The predicted octanol–water partition coefficient (Wildman–Crippen LogP) is 11.9. The number of aryl methyl sites for hydroxylation is 2. The van der Waals surface area contributed by atoms with E-state index in [0.29, 0.717) is 79.9 Å². The summed E-state index contributed by atoms with van der Waals surface area (Å²) in [6, 6.07) is 19.0. The number of fused-ring (bicyclic) bond motifs is 2. The highest BCUT2D eigenvalue weighted by Crippen LogP contribution is 2.37. The number of alkyl halides is 9. The number of anilines is 2. The summed E-state index contributed by atoms with van der Waals surface area (Å²) in [4.78, 5) is 74.9. The average Bonchev–Trinajstić information content (AvgIpc) is 2.53. The Balaban J connectivity index is 0.000000333. The summed E-state index contributed by atoms with van der Waals surface area (Å²) in [5.41, 5.74) is 1.81. The molecule has 4 aromatic rings. The Morgan fingerprint density at radius 3 is 1.43 bits per heavy atom. The number of aliphatic carboxylic acids is 2. The number of carbonyl (C=O) groups excluding carboxylic acids is 4. The van der Waals surface area contributed by atoms with Gasteiger partial charge in [-0.15, -0.1) is 0 Å². The van der Waals surface area contributed by atoms with Crippen LogP contribution in [0.5, 0.6) is 11.5 Å². The lowest BCUT2D eigenvalue weighted by atomic mass is 10.00. The molecular formula is C59H71F9N4O12. The van der Waals surface area contributed by atoms with Gasteiger partial charge in [0.1, 0.15) is 42.5 Å². The number of ether oxygens (including phenoxy) is 4. The van der Waals surface area contributed by atoms with Crippen LogP contribution in [0.25, 0.3) is 0 Å². The van der Waals surface area contributed by atoms with E-state index in [1.54, 1.807) is 99.9 Å². The zero-order valence-corrected chi connectivity index (χ0v) is 48.0. The second-order valence-electron chi connectivity index (χ2n) is 21.6. The molecule has 2 aliphatic heterocycles. The van der Waals surface area contributed by atoms with Gasteiger partial charge in [-0.05, 0) is 149 Å². The van der Waals surface area contributed by atoms with E-state index in [0.717, 1.165) is 28.9 Å². The Hall–Kier alpha value is -7.57. The SMILES string of the molecule is CCCc1ccc(COc2ccc3c(c2)CCN3C(=O)CN(CCC(=O)OC(C)(C)C)C(=O)OC(C)(C)C)cc1C(F)(F)F.CCCc1ccc(COc2ccc3c(c2)CCN3C(=O)CNCCC(=O)O)cc1C(F)(F)F.O=C(O)C(F)(F)F. The van der Waals surface area contributed by atoms with Crippen molar-refractivity contribution in [3.8, 4) is 11.5 Å². The summed E-state index contributed by atoms with van der Waals surface area (Å²) in [7, 11) is 0. The Morgan fingerprint density at radius 1 is 0.595 bits per heavy atom. The molecule has 0 radical (unpaired) electrons. The minimum absolute atomic E-state index is 0.00438. The number of hydrogen-bond acceptors (Lipinski definition) is 11. The van der Waals surface area contributed by atoms with Crippen LogP contribution in [0.15, 0.2) is 72.8 Å². The van der Waals surface area contributed by atoms with Gasteiger partial charge in [0, 0.05) is 37.6 Å². The van der Waals surface area contributed by atoms with Crippen LogP contribution in [-0.2, 0) is 84.7 Å². The van der Waals surface area contributed by atoms with E-state index < -0.39 is 64.9 Å². The number of benzene rings is 4. The maximum atomic E-state index is 13.6. The molecule has 462 valence electrons. The Bertz CT molecular complexity index is 2930. The first-order valence-electron chi connectivity index (χ1n) is 26.9. The van der Waals surface area contributed by atoms with Crippen molar-refractivity contribution in [3.05, 3.63) is 117 Å². The van der Waals surface area contributed by atoms with Crippen molar-refractivity contribution in [2.24, 2.45) is 0 Å². The van der Waals surface area contributed by atoms with Crippen molar-refractivity contribution in [2.75, 3.05) is 49.1 Å². The highest BCUT2D eigenvalue weighted by Gasteiger charge is 2.39. The molecular weight excluding hydrogens is 1130 g/mol. The summed E-state index contributed by atoms with van der Waals surface area (Å²) in [6.45, 7) is 14.8. The van der Waals surface area contributed by atoms with Gasteiger partial charge < -0.3 is 44.3 Å². The summed E-state index contributed by atoms with van der Waals surface area (Å²) >= 11 is 0. The molecule has 3 amide bonds. The summed E-state index contributed by atoms with van der Waals surface area (Å²) in [5, 5.41) is 18.6. The number of carbonyl (C=O) groups is 6. The van der Waals surface area contributed by atoms with Gasteiger partial charge in [-0.25, -0.2) is 9.59 Å². The third-order valence-electron chi connectivity index (χ3n) is 12.3. The molecule has 3 N–H and O–H groups in total. The molecule has 0 aliphatic carbocycles. The van der Waals surface area contributed by atoms with Crippen molar-refractivity contribution < 1.29 is 97.4 Å². The third kappa shape index (κ3) is 22.2. The van der Waals surface area contributed by atoms with Gasteiger partial charge in [0.25, 0.3) is 0 Å². The van der Waals surface area contributed by atoms with Crippen LogP contribution >= 0.6 is 0 Å². The van der Waals surface area contributed by atoms with Crippen molar-refractivity contribution >= 4 is 47.2 Å². The Labute approximate surface area is 481 Å². The summed E-state index contributed by atoms with van der Waals surface area (Å²) in [6.07, 6.45) is -11.7. The number of nitrogens with zero attached hydrogens (tertiary/aromatic N) is 3. The van der Waals surface area contributed by atoms with Crippen LogP contribution in [-0.4, -0.2) is 108 Å². The first kappa shape index (κ1) is 68.9. The van der Waals surface area contributed by atoms with Crippen LogP contribution in [0.2, 0.25) is 0 Å². The number of halogens is 9. The zero-order valence-electron chi connectivity index (χ0n) is 48.0. The highest BCUT2D eigenvalue weighted by molar-refractivity contribution is 5.98. The lowest BCUT2D eigenvalue weighted by Gasteiger charge is -2.29. The molecule has 0 atom stereocenters. The molecule has 4 aromatic carbocycles. The first-order valence-corrected chi connectivity index (χ1v) is 26.9. The van der Waals surface area contributed by atoms with E-state index >= 15 is 0 Å². The molecule has 0 bridgehead atoms. The largest absolute Gasteiger partial charge is 0.490 e. The first-order chi connectivity index (χ1) is 39.0. The van der Waals surface area contributed by atoms with E-state index in [-0.39, 0.29) is 75.2 Å². The predicted molar refractivity (Wildman–Crippen MR) is 292 cm³/mol. The second-order valence-corrected chi connectivity index (χ2v) is 21.6. The fourth-order valence-corrected chi connectivity index (χ4v) is 8.63. The standard InChI is InChI=1S/C33H43F3N2O6.C24H27F3N2O4.C2HF3O2/c1-8-9-23-11-10-22(18-26(23)33(34,35)36)21-42-25-12-13-27-24(19-25)14-17-38(27)28(39)20-37(30(41)44-32(5,6)7)16-15-29(40)43-31(2,3)4;1-2-3-17-5-4-16(12-20(17)24(25,26)27)15-33-19-6-7-21-18(13-19)9-11-29(21)22(30)14-28-10-8-23(31)32;3-2(4,5)1(6)7/h10-13,18-19H,8-9,14-17,20-21H2,1-7H3;4-7,12-13,28H,2-3,8-11,14-15H2,1H3,(H,31,32);(H,6,7). The molecule has 0 unspecified atom stereocenters. The molecule has 0 spiro atoms. The number of rotatable bonds is 20. The van der Waals surface area contributed by atoms with Crippen LogP contribution in [0.1, 0.15) is 126 Å². The van der Waals surface area contributed by atoms with Crippen molar-refractivity contribution in [2.45, 2.75) is 150 Å². The van der Waals surface area contributed by atoms with Crippen molar-refractivity contribution in [1.29, 1.82) is 0 Å². The highest BCUT2D eigenvalue weighted by atomic mass is 19.4. The molecule has 0 saturated heterocycles. The van der Waals surface area contributed by atoms with Gasteiger partial charge in [-0.3, -0.25) is 24.1 Å².